The summed E-state index contributed by atoms with van der Waals surface area (Å²) in [5, 5.41) is 24.3. The number of nitrogens with zero attached hydrogens (tertiary/aromatic N) is 2. The van der Waals surface area contributed by atoms with E-state index in [1.54, 1.807) is 13.8 Å². The van der Waals surface area contributed by atoms with E-state index in [9.17, 15) is 29.1 Å². The van der Waals surface area contributed by atoms with Crippen molar-refractivity contribution < 1.29 is 29.1 Å². The number of urea groups is 1. The Hall–Kier alpha value is -2.75. The van der Waals surface area contributed by atoms with Gasteiger partial charge in [0.25, 0.3) is 0 Å². The third-order valence-corrected chi connectivity index (χ3v) is 4.16. The van der Waals surface area contributed by atoms with Gasteiger partial charge >= 0.3 is 6.03 Å². The molecule has 0 aromatic carbocycles. The van der Waals surface area contributed by atoms with E-state index in [1.165, 1.54) is 0 Å². The molecule has 1 aromatic rings. The van der Waals surface area contributed by atoms with Gasteiger partial charge in [0.15, 0.2) is 17.4 Å². The maximum absolute atomic E-state index is 13.0. The van der Waals surface area contributed by atoms with E-state index in [0.29, 0.717) is 17.9 Å². The van der Waals surface area contributed by atoms with E-state index < -0.39 is 29.6 Å². The predicted octanol–water partition coefficient (Wildman–Crippen LogP) is 2.30. The number of nitrogens with one attached hydrogen (secondary N) is 2. The fourth-order valence-corrected chi connectivity index (χ4v) is 2.67. The first kappa shape index (κ1) is 23.3. The summed E-state index contributed by atoms with van der Waals surface area (Å²) < 4.78 is 13.0. The van der Waals surface area contributed by atoms with Gasteiger partial charge in [-0.2, -0.15) is 0 Å². The first-order valence-electron chi connectivity index (χ1n) is 9.06. The van der Waals surface area contributed by atoms with Crippen molar-refractivity contribution in [1.29, 1.82) is 0 Å². The van der Waals surface area contributed by atoms with Crippen LogP contribution in [0.15, 0.2) is 12.3 Å². The van der Waals surface area contributed by atoms with E-state index in [1.807, 2.05) is 6.92 Å². The van der Waals surface area contributed by atoms with Crippen LogP contribution in [0.1, 0.15) is 40.0 Å². The third-order valence-electron chi connectivity index (χ3n) is 4.16. The molecule has 10 heteroatoms. The number of carbonyl (C=O) groups excluding carboxylic acids is 3. The lowest BCUT2D eigenvalue weighted by atomic mass is 9.87. The number of amides is 3. The number of carbonyl (C=O) groups is 3. The molecule has 1 rings (SSSR count). The number of unbranched alkanes of at least 4 members (excludes halogenated alkanes) is 1. The SMILES string of the molecule is CCCC[C@H](CN(O)C=O)C(=O)[C@@H](NC(=O)Nc1ncc(F)cc1O)C(C)C. The van der Waals surface area contributed by atoms with Crippen molar-refractivity contribution in [3.8, 4) is 5.75 Å². The van der Waals surface area contributed by atoms with Crippen molar-refractivity contribution in [3.63, 3.8) is 0 Å². The molecule has 2 atom stereocenters. The molecule has 0 saturated heterocycles. The second-order valence-electron chi connectivity index (χ2n) is 6.81. The van der Waals surface area contributed by atoms with Crippen LogP contribution >= 0.6 is 0 Å². The van der Waals surface area contributed by atoms with Gasteiger partial charge in [-0.05, 0) is 12.3 Å². The minimum Gasteiger partial charge on any atom is -0.504 e. The van der Waals surface area contributed by atoms with Gasteiger partial charge in [0.05, 0.1) is 18.8 Å². The van der Waals surface area contributed by atoms with Crippen molar-refractivity contribution >= 4 is 24.0 Å². The number of hydroxylamine groups is 2. The zero-order chi connectivity index (χ0) is 21.3. The number of rotatable bonds is 11. The molecular formula is C18H27FN4O5. The summed E-state index contributed by atoms with van der Waals surface area (Å²) in [4.78, 5) is 39.5. The first-order chi connectivity index (χ1) is 13.2. The molecule has 1 heterocycles. The van der Waals surface area contributed by atoms with Crippen molar-refractivity contribution in [2.75, 3.05) is 11.9 Å². The van der Waals surface area contributed by atoms with E-state index >= 15 is 0 Å². The van der Waals surface area contributed by atoms with Crippen LogP contribution in [0.5, 0.6) is 5.75 Å². The molecule has 4 N–H and O–H groups in total. The Labute approximate surface area is 162 Å². The van der Waals surface area contributed by atoms with Gasteiger partial charge in [0.1, 0.15) is 5.82 Å². The fraction of sp³-hybridized carbons (Fsp3) is 0.556. The Bertz CT molecular complexity index is 686. The second-order valence-corrected chi connectivity index (χ2v) is 6.81. The molecular weight excluding hydrogens is 371 g/mol. The molecule has 0 aliphatic carbocycles. The average molecular weight is 398 g/mol. The summed E-state index contributed by atoms with van der Waals surface area (Å²) in [6.07, 6.45) is 3.04. The fourth-order valence-electron chi connectivity index (χ4n) is 2.67. The molecule has 156 valence electrons. The molecule has 9 nitrogen and oxygen atoms in total. The van der Waals surface area contributed by atoms with Crippen molar-refractivity contribution in [1.82, 2.24) is 15.4 Å². The smallest absolute Gasteiger partial charge is 0.321 e. The number of hydrogen-bond acceptors (Lipinski definition) is 6. The molecule has 0 aliphatic heterocycles. The largest absolute Gasteiger partial charge is 0.504 e. The molecule has 28 heavy (non-hydrogen) atoms. The Kier molecular flexibility index (Phi) is 9.29. The lowest BCUT2D eigenvalue weighted by Crippen LogP contribution is -2.50. The average Bonchev–Trinajstić information content (AvgIpc) is 2.64. The van der Waals surface area contributed by atoms with E-state index in [0.717, 1.165) is 18.7 Å². The highest BCUT2D eigenvalue weighted by atomic mass is 19.1. The minimum atomic E-state index is -0.899. The van der Waals surface area contributed by atoms with Crippen LogP contribution < -0.4 is 10.6 Å². The standard InChI is InChI=1S/C18H27FN4O5/c1-4-5-6-12(9-23(28)10-24)16(26)15(11(2)3)21-18(27)22-17-14(25)7-13(19)8-20-17/h7-8,10-12,15,25,28H,4-6,9H2,1-3H3,(H2,20,21,22,27)/t12-,15+/m1/s1. The molecule has 0 bridgehead atoms. The van der Waals surface area contributed by atoms with Gasteiger partial charge in [-0.25, -0.2) is 19.2 Å². The summed E-state index contributed by atoms with van der Waals surface area (Å²) in [5.74, 6) is -2.82. The molecule has 0 radical (unpaired) electrons. The van der Waals surface area contributed by atoms with Crippen LogP contribution in [0.25, 0.3) is 0 Å². The van der Waals surface area contributed by atoms with Crippen LogP contribution in [0.2, 0.25) is 0 Å². The lowest BCUT2D eigenvalue weighted by molar-refractivity contribution is -0.154. The first-order valence-corrected chi connectivity index (χ1v) is 9.06. The second kappa shape index (κ2) is 11.2. The molecule has 0 unspecified atom stereocenters. The van der Waals surface area contributed by atoms with E-state index in [2.05, 4.69) is 15.6 Å². The number of pyridine rings is 1. The summed E-state index contributed by atoms with van der Waals surface area (Å²) >= 11 is 0. The number of halogens is 1. The van der Waals surface area contributed by atoms with Crippen LogP contribution in [0, 0.1) is 17.7 Å². The number of anilines is 1. The van der Waals surface area contributed by atoms with Gasteiger partial charge < -0.3 is 10.4 Å². The minimum absolute atomic E-state index is 0.171. The van der Waals surface area contributed by atoms with Gasteiger partial charge in [-0.3, -0.25) is 20.1 Å². The summed E-state index contributed by atoms with van der Waals surface area (Å²) in [5.41, 5.74) is 0. The number of ketones is 1. The zero-order valence-electron chi connectivity index (χ0n) is 16.2. The van der Waals surface area contributed by atoms with Crippen LogP contribution in [-0.2, 0) is 9.59 Å². The van der Waals surface area contributed by atoms with E-state index in [-0.39, 0.29) is 30.5 Å². The highest BCUT2D eigenvalue weighted by Crippen LogP contribution is 2.21. The van der Waals surface area contributed by atoms with Gasteiger partial charge in [-0.1, -0.05) is 33.6 Å². The highest BCUT2D eigenvalue weighted by Gasteiger charge is 2.31. The highest BCUT2D eigenvalue weighted by molar-refractivity contribution is 5.95. The Morgan fingerprint density at radius 3 is 2.61 bits per heavy atom. The number of aromatic hydroxyl groups is 1. The summed E-state index contributed by atoms with van der Waals surface area (Å²) in [6, 6.07) is -0.902. The molecule has 0 saturated carbocycles. The summed E-state index contributed by atoms with van der Waals surface area (Å²) in [6.45, 7) is 5.26. The van der Waals surface area contributed by atoms with Crippen molar-refractivity contribution in [3.05, 3.63) is 18.1 Å². The van der Waals surface area contributed by atoms with Crippen molar-refractivity contribution in [2.45, 2.75) is 46.1 Å². The quantitative estimate of drug-likeness (QED) is 0.257. The number of Topliss-reactive ketones (excluding diaryl/α,β-unsaturated/α-hetero) is 1. The number of hydrogen-bond donors (Lipinski definition) is 4. The van der Waals surface area contributed by atoms with Crippen molar-refractivity contribution in [2.24, 2.45) is 11.8 Å². The predicted molar refractivity (Wildman–Crippen MR) is 99.2 cm³/mol. The van der Waals surface area contributed by atoms with Crippen LogP contribution in [0.3, 0.4) is 0 Å². The Morgan fingerprint density at radius 1 is 1.39 bits per heavy atom. The molecule has 3 amide bonds. The molecule has 0 fully saturated rings. The van der Waals surface area contributed by atoms with E-state index in [4.69, 9.17) is 0 Å². The maximum atomic E-state index is 13.0. The topological polar surface area (TPSA) is 132 Å². The Morgan fingerprint density at radius 2 is 2.07 bits per heavy atom. The zero-order valence-corrected chi connectivity index (χ0v) is 16.2. The van der Waals surface area contributed by atoms with Crippen LogP contribution in [0.4, 0.5) is 15.0 Å². The summed E-state index contributed by atoms with van der Waals surface area (Å²) in [7, 11) is 0. The number of aromatic nitrogens is 1. The normalized spacial score (nSPS) is 12.9. The molecule has 0 aliphatic rings. The monoisotopic (exact) mass is 398 g/mol. The van der Waals surface area contributed by atoms with Gasteiger partial charge in [-0.15, -0.1) is 0 Å². The maximum Gasteiger partial charge on any atom is 0.321 e. The lowest BCUT2D eigenvalue weighted by Gasteiger charge is -2.27. The van der Waals surface area contributed by atoms with Crippen LogP contribution in [-0.4, -0.2) is 51.2 Å². The molecule has 1 aromatic heterocycles. The third kappa shape index (κ3) is 7.10. The molecule has 0 spiro atoms. The van der Waals surface area contributed by atoms with Gasteiger partial charge in [0, 0.05) is 12.0 Å². The van der Waals surface area contributed by atoms with Gasteiger partial charge in [0.2, 0.25) is 6.41 Å². The Balaban J connectivity index is 2.89.